The highest BCUT2D eigenvalue weighted by Crippen LogP contribution is 2.18. The fourth-order valence-corrected chi connectivity index (χ4v) is 1.12. The molecule has 1 aromatic rings. The highest BCUT2D eigenvalue weighted by Gasteiger charge is 2.12. The zero-order chi connectivity index (χ0) is 12.1. The SMILES string of the molecule is CCOC(=O)N(C)c1ccc([N+](=O)[O-])cc1. The summed E-state index contributed by atoms with van der Waals surface area (Å²) in [5.41, 5.74) is 0.532. The highest BCUT2D eigenvalue weighted by atomic mass is 16.6. The van der Waals surface area contributed by atoms with Crippen LogP contribution in [-0.2, 0) is 4.74 Å². The molecular weight excluding hydrogens is 212 g/mol. The summed E-state index contributed by atoms with van der Waals surface area (Å²) in [6, 6.07) is 5.67. The number of amides is 1. The first-order valence-electron chi connectivity index (χ1n) is 4.71. The summed E-state index contributed by atoms with van der Waals surface area (Å²) in [5.74, 6) is 0. The van der Waals surface area contributed by atoms with Crippen LogP contribution in [0.2, 0.25) is 0 Å². The normalized spacial score (nSPS) is 9.62. The lowest BCUT2D eigenvalue weighted by Crippen LogP contribution is -2.26. The summed E-state index contributed by atoms with van der Waals surface area (Å²) < 4.78 is 4.79. The van der Waals surface area contributed by atoms with Crippen LogP contribution < -0.4 is 4.90 Å². The first-order chi connectivity index (χ1) is 7.56. The molecule has 0 N–H and O–H groups in total. The number of nitrogens with zero attached hydrogens (tertiary/aromatic N) is 2. The molecule has 0 heterocycles. The predicted molar refractivity (Wildman–Crippen MR) is 58.5 cm³/mol. The summed E-state index contributed by atoms with van der Waals surface area (Å²) in [5, 5.41) is 10.4. The number of carbonyl (C=O) groups is 1. The van der Waals surface area contributed by atoms with Crippen LogP contribution in [0.1, 0.15) is 6.92 Å². The smallest absolute Gasteiger partial charge is 0.413 e. The Morgan fingerprint density at radius 2 is 2.00 bits per heavy atom. The van der Waals surface area contributed by atoms with Gasteiger partial charge in [0.15, 0.2) is 0 Å². The van der Waals surface area contributed by atoms with Gasteiger partial charge in [-0.2, -0.15) is 0 Å². The zero-order valence-corrected chi connectivity index (χ0v) is 9.04. The van der Waals surface area contributed by atoms with Gasteiger partial charge in [0.25, 0.3) is 5.69 Å². The third-order valence-corrected chi connectivity index (χ3v) is 1.99. The van der Waals surface area contributed by atoms with Gasteiger partial charge >= 0.3 is 6.09 Å². The van der Waals surface area contributed by atoms with Crippen LogP contribution in [0.5, 0.6) is 0 Å². The fourth-order valence-electron chi connectivity index (χ4n) is 1.12. The number of hydrogen-bond donors (Lipinski definition) is 0. The van der Waals surface area contributed by atoms with E-state index in [0.29, 0.717) is 5.69 Å². The lowest BCUT2D eigenvalue weighted by molar-refractivity contribution is -0.384. The average Bonchev–Trinajstić information content (AvgIpc) is 2.28. The third kappa shape index (κ3) is 2.69. The molecule has 1 rings (SSSR count). The molecule has 0 fully saturated rings. The number of nitro groups is 1. The van der Waals surface area contributed by atoms with E-state index in [1.807, 2.05) is 0 Å². The number of benzene rings is 1. The molecule has 6 nitrogen and oxygen atoms in total. The molecule has 0 radical (unpaired) electrons. The van der Waals surface area contributed by atoms with Crippen LogP contribution in [0.25, 0.3) is 0 Å². The molecular formula is C10H12N2O4. The van der Waals surface area contributed by atoms with Crippen molar-refractivity contribution in [3.05, 3.63) is 34.4 Å². The van der Waals surface area contributed by atoms with E-state index in [2.05, 4.69) is 0 Å². The maximum Gasteiger partial charge on any atom is 0.413 e. The summed E-state index contributed by atoms with van der Waals surface area (Å²) >= 11 is 0. The molecule has 0 saturated carbocycles. The van der Waals surface area contributed by atoms with E-state index >= 15 is 0 Å². The lowest BCUT2D eigenvalue weighted by Gasteiger charge is -2.15. The van der Waals surface area contributed by atoms with Gasteiger partial charge in [0.05, 0.1) is 11.5 Å². The standard InChI is InChI=1S/C10H12N2O4/c1-3-16-10(13)11(2)8-4-6-9(7-5-8)12(14)15/h4-7H,3H2,1-2H3. The van der Waals surface area contributed by atoms with Gasteiger partial charge in [0, 0.05) is 24.9 Å². The molecule has 0 aromatic heterocycles. The lowest BCUT2D eigenvalue weighted by atomic mass is 10.3. The Morgan fingerprint density at radius 1 is 1.44 bits per heavy atom. The highest BCUT2D eigenvalue weighted by molar-refractivity contribution is 5.87. The van der Waals surface area contributed by atoms with Gasteiger partial charge in [-0.05, 0) is 19.1 Å². The van der Waals surface area contributed by atoms with Crippen molar-refractivity contribution in [1.29, 1.82) is 0 Å². The molecule has 0 aliphatic carbocycles. The van der Waals surface area contributed by atoms with Gasteiger partial charge in [0.1, 0.15) is 0 Å². The Labute approximate surface area is 92.6 Å². The number of anilines is 1. The van der Waals surface area contributed by atoms with Crippen LogP contribution in [-0.4, -0.2) is 24.7 Å². The van der Waals surface area contributed by atoms with Crippen LogP contribution in [0.4, 0.5) is 16.2 Å². The molecule has 86 valence electrons. The average molecular weight is 224 g/mol. The molecule has 0 spiro atoms. The van der Waals surface area contributed by atoms with Gasteiger partial charge in [0.2, 0.25) is 0 Å². The Hall–Kier alpha value is -2.11. The van der Waals surface area contributed by atoms with Crippen molar-refractivity contribution in [2.45, 2.75) is 6.92 Å². The summed E-state index contributed by atoms with van der Waals surface area (Å²) in [6.07, 6.45) is -0.489. The largest absolute Gasteiger partial charge is 0.449 e. The van der Waals surface area contributed by atoms with Gasteiger partial charge in [-0.15, -0.1) is 0 Å². The molecule has 0 aliphatic rings. The first-order valence-corrected chi connectivity index (χ1v) is 4.71. The second kappa shape index (κ2) is 5.11. The minimum absolute atomic E-state index is 0.0130. The van der Waals surface area contributed by atoms with E-state index in [-0.39, 0.29) is 12.3 Å². The molecule has 0 bridgehead atoms. The minimum atomic E-state index is -0.492. The maximum atomic E-state index is 11.3. The Balaban J connectivity index is 2.81. The van der Waals surface area contributed by atoms with E-state index < -0.39 is 11.0 Å². The number of non-ortho nitro benzene ring substituents is 1. The van der Waals surface area contributed by atoms with E-state index in [1.54, 1.807) is 14.0 Å². The Bertz CT molecular complexity index is 388. The first kappa shape index (κ1) is 12.0. The van der Waals surface area contributed by atoms with Crippen molar-refractivity contribution in [3.8, 4) is 0 Å². The molecule has 0 unspecified atom stereocenters. The number of ether oxygens (including phenoxy) is 1. The molecule has 16 heavy (non-hydrogen) atoms. The van der Waals surface area contributed by atoms with Gasteiger partial charge < -0.3 is 4.74 Å². The summed E-state index contributed by atoms with van der Waals surface area (Å²) in [7, 11) is 1.54. The Kier molecular flexibility index (Phi) is 3.82. The van der Waals surface area contributed by atoms with Crippen LogP contribution in [0, 0.1) is 10.1 Å². The van der Waals surface area contributed by atoms with Crippen LogP contribution in [0.15, 0.2) is 24.3 Å². The molecule has 0 aliphatic heterocycles. The quantitative estimate of drug-likeness (QED) is 0.582. The van der Waals surface area contributed by atoms with E-state index in [0.717, 1.165) is 0 Å². The molecule has 1 amide bonds. The maximum absolute atomic E-state index is 11.3. The summed E-state index contributed by atoms with van der Waals surface area (Å²) in [4.78, 5) is 22.5. The predicted octanol–water partition coefficient (Wildman–Crippen LogP) is 2.19. The van der Waals surface area contributed by atoms with Gasteiger partial charge in [-0.1, -0.05) is 0 Å². The van der Waals surface area contributed by atoms with E-state index in [4.69, 9.17) is 4.74 Å². The molecule has 6 heteroatoms. The van der Waals surface area contributed by atoms with Crippen molar-refractivity contribution >= 4 is 17.5 Å². The minimum Gasteiger partial charge on any atom is -0.449 e. The van der Waals surface area contributed by atoms with E-state index in [9.17, 15) is 14.9 Å². The molecule has 1 aromatic carbocycles. The topological polar surface area (TPSA) is 72.7 Å². The zero-order valence-electron chi connectivity index (χ0n) is 9.04. The number of hydrogen-bond acceptors (Lipinski definition) is 4. The number of nitro benzene ring substituents is 1. The summed E-state index contributed by atoms with van der Waals surface area (Å²) in [6.45, 7) is 2.00. The van der Waals surface area contributed by atoms with Crippen LogP contribution in [0.3, 0.4) is 0 Å². The second-order valence-corrected chi connectivity index (χ2v) is 3.03. The van der Waals surface area contributed by atoms with Crippen molar-refractivity contribution < 1.29 is 14.5 Å². The van der Waals surface area contributed by atoms with Crippen molar-refractivity contribution in [1.82, 2.24) is 0 Å². The second-order valence-electron chi connectivity index (χ2n) is 3.03. The van der Waals surface area contributed by atoms with Gasteiger partial charge in [-0.25, -0.2) is 4.79 Å². The monoisotopic (exact) mass is 224 g/mol. The van der Waals surface area contributed by atoms with Crippen LogP contribution >= 0.6 is 0 Å². The molecule has 0 atom stereocenters. The third-order valence-electron chi connectivity index (χ3n) is 1.99. The van der Waals surface area contributed by atoms with Crippen molar-refractivity contribution in [2.75, 3.05) is 18.6 Å². The van der Waals surface area contributed by atoms with Gasteiger partial charge in [-0.3, -0.25) is 15.0 Å². The van der Waals surface area contributed by atoms with E-state index in [1.165, 1.54) is 29.2 Å². The number of rotatable bonds is 3. The fraction of sp³-hybridized carbons (Fsp3) is 0.300. The van der Waals surface area contributed by atoms with Crippen molar-refractivity contribution in [2.24, 2.45) is 0 Å². The van der Waals surface area contributed by atoms with Crippen molar-refractivity contribution in [3.63, 3.8) is 0 Å². The molecule has 0 saturated heterocycles. The number of carbonyl (C=O) groups excluding carboxylic acids is 1. The Morgan fingerprint density at radius 3 is 2.44 bits per heavy atom.